The second kappa shape index (κ2) is 9.32. The van der Waals surface area contributed by atoms with Gasteiger partial charge in [0, 0.05) is 33.9 Å². The first-order valence-electron chi connectivity index (χ1n) is 9.57. The van der Waals surface area contributed by atoms with Crippen molar-refractivity contribution in [3.8, 4) is 33.3 Å². The summed E-state index contributed by atoms with van der Waals surface area (Å²) in [6, 6.07) is 22.5. The number of urea groups is 1. The van der Waals surface area contributed by atoms with Crippen molar-refractivity contribution >= 4 is 28.7 Å². The van der Waals surface area contributed by atoms with E-state index in [0.717, 1.165) is 21.8 Å². The monoisotopic (exact) mass is 431 g/mol. The van der Waals surface area contributed by atoms with Crippen LogP contribution in [0.1, 0.15) is 0 Å². The minimum atomic E-state index is -0.347. The highest BCUT2D eigenvalue weighted by molar-refractivity contribution is 7.13. The van der Waals surface area contributed by atoms with Crippen molar-refractivity contribution in [2.24, 2.45) is 0 Å². The molecule has 1 aromatic heterocycles. The van der Waals surface area contributed by atoms with Gasteiger partial charge in [-0.2, -0.15) is 0 Å². The first kappa shape index (κ1) is 20.4. The molecule has 0 unspecified atom stereocenters. The highest BCUT2D eigenvalue weighted by Gasteiger charge is 2.09. The van der Waals surface area contributed by atoms with Crippen LogP contribution in [-0.2, 0) is 0 Å². The number of benzene rings is 3. The van der Waals surface area contributed by atoms with Crippen LogP contribution >= 0.6 is 11.3 Å². The van der Waals surface area contributed by atoms with Crippen LogP contribution in [0.3, 0.4) is 0 Å². The molecule has 2 N–H and O–H groups in total. The molecule has 31 heavy (non-hydrogen) atoms. The summed E-state index contributed by atoms with van der Waals surface area (Å²) >= 11 is 1.61. The topological polar surface area (TPSA) is 72.5 Å². The Balaban J connectivity index is 1.41. The third kappa shape index (κ3) is 4.84. The quantitative estimate of drug-likeness (QED) is 0.385. The van der Waals surface area contributed by atoms with E-state index in [0.29, 0.717) is 22.9 Å². The molecule has 0 saturated carbocycles. The van der Waals surface area contributed by atoms with Gasteiger partial charge in [-0.05, 0) is 24.3 Å². The summed E-state index contributed by atoms with van der Waals surface area (Å²) in [5, 5.41) is 8.63. The molecular weight excluding hydrogens is 410 g/mol. The number of methoxy groups -OCH3 is 2. The lowest BCUT2D eigenvalue weighted by Gasteiger charge is -2.11. The minimum Gasteiger partial charge on any atom is -0.493 e. The third-order valence-corrected chi connectivity index (χ3v) is 5.50. The van der Waals surface area contributed by atoms with Crippen LogP contribution in [-0.4, -0.2) is 25.2 Å². The van der Waals surface area contributed by atoms with Gasteiger partial charge < -0.3 is 20.1 Å². The fourth-order valence-corrected chi connectivity index (χ4v) is 3.89. The third-order valence-electron chi connectivity index (χ3n) is 4.60. The zero-order chi connectivity index (χ0) is 21.6. The Morgan fingerprint density at radius 2 is 1.48 bits per heavy atom. The lowest BCUT2D eigenvalue weighted by molar-refractivity contribution is 0.262. The Morgan fingerprint density at radius 1 is 0.806 bits per heavy atom. The number of aromatic nitrogens is 1. The van der Waals surface area contributed by atoms with Crippen molar-refractivity contribution < 1.29 is 14.3 Å². The smallest absolute Gasteiger partial charge is 0.323 e. The fraction of sp³-hybridized carbons (Fsp3) is 0.0833. The van der Waals surface area contributed by atoms with Gasteiger partial charge in [-0.15, -0.1) is 11.3 Å². The molecule has 4 aromatic rings. The van der Waals surface area contributed by atoms with E-state index in [-0.39, 0.29) is 6.03 Å². The lowest BCUT2D eigenvalue weighted by Crippen LogP contribution is -2.19. The number of amides is 2. The first-order chi connectivity index (χ1) is 15.2. The average molecular weight is 432 g/mol. The zero-order valence-electron chi connectivity index (χ0n) is 17.1. The van der Waals surface area contributed by atoms with Crippen LogP contribution in [0.15, 0.2) is 78.2 Å². The van der Waals surface area contributed by atoms with E-state index < -0.39 is 0 Å². The van der Waals surface area contributed by atoms with Gasteiger partial charge in [0.05, 0.1) is 19.9 Å². The van der Waals surface area contributed by atoms with Crippen molar-refractivity contribution in [2.75, 3.05) is 24.9 Å². The molecule has 1 heterocycles. The molecule has 3 aromatic carbocycles. The van der Waals surface area contributed by atoms with E-state index >= 15 is 0 Å². The second-order valence-corrected chi connectivity index (χ2v) is 7.49. The van der Waals surface area contributed by atoms with Gasteiger partial charge in [-0.3, -0.25) is 0 Å². The van der Waals surface area contributed by atoms with Gasteiger partial charge in [0.15, 0.2) is 11.5 Å². The molecule has 7 heteroatoms. The molecule has 0 atom stereocenters. The highest BCUT2D eigenvalue weighted by atomic mass is 32.1. The zero-order valence-corrected chi connectivity index (χ0v) is 17.9. The number of hydrogen-bond donors (Lipinski definition) is 2. The molecular formula is C24H21N3O3S. The normalized spacial score (nSPS) is 10.4. The summed E-state index contributed by atoms with van der Waals surface area (Å²) in [6.07, 6.45) is 0. The van der Waals surface area contributed by atoms with Crippen LogP contribution < -0.4 is 20.1 Å². The number of thiazole rings is 1. The number of ether oxygens (including phenoxy) is 2. The van der Waals surface area contributed by atoms with Crippen molar-refractivity contribution in [3.63, 3.8) is 0 Å². The van der Waals surface area contributed by atoms with Gasteiger partial charge in [0.2, 0.25) is 0 Å². The highest BCUT2D eigenvalue weighted by Crippen LogP contribution is 2.31. The Bertz CT molecular complexity index is 1170. The van der Waals surface area contributed by atoms with Crippen LogP contribution in [0.25, 0.3) is 21.8 Å². The van der Waals surface area contributed by atoms with Crippen LogP contribution in [0.5, 0.6) is 11.5 Å². The number of hydrogen-bond acceptors (Lipinski definition) is 5. The van der Waals surface area contributed by atoms with Crippen molar-refractivity contribution in [1.29, 1.82) is 0 Å². The van der Waals surface area contributed by atoms with Crippen LogP contribution in [0.2, 0.25) is 0 Å². The predicted octanol–water partition coefficient (Wildman–Crippen LogP) is 6.14. The summed E-state index contributed by atoms with van der Waals surface area (Å²) in [4.78, 5) is 17.1. The second-order valence-electron chi connectivity index (χ2n) is 6.63. The van der Waals surface area contributed by atoms with Crippen LogP contribution in [0, 0.1) is 0 Å². The number of anilines is 2. The van der Waals surface area contributed by atoms with E-state index in [1.54, 1.807) is 43.8 Å². The SMILES string of the molecule is COc1ccc(NC(=O)Nc2ccc(-c3csc(-c4ccccc4)n3)cc2)cc1OC. The van der Waals surface area contributed by atoms with E-state index in [9.17, 15) is 4.79 Å². The molecule has 4 rings (SSSR count). The summed E-state index contributed by atoms with van der Waals surface area (Å²) in [7, 11) is 3.11. The predicted molar refractivity (Wildman–Crippen MR) is 125 cm³/mol. The van der Waals surface area contributed by atoms with E-state index in [1.165, 1.54) is 0 Å². The van der Waals surface area contributed by atoms with E-state index in [2.05, 4.69) is 10.6 Å². The maximum absolute atomic E-state index is 12.3. The molecule has 0 radical (unpaired) electrons. The van der Waals surface area contributed by atoms with E-state index in [1.807, 2.05) is 60.0 Å². The minimum absolute atomic E-state index is 0.347. The van der Waals surface area contributed by atoms with E-state index in [4.69, 9.17) is 14.5 Å². The largest absolute Gasteiger partial charge is 0.493 e. The maximum atomic E-state index is 12.3. The van der Waals surface area contributed by atoms with Gasteiger partial charge in [-0.1, -0.05) is 42.5 Å². The van der Waals surface area contributed by atoms with Crippen molar-refractivity contribution in [3.05, 3.63) is 78.2 Å². The Hall–Kier alpha value is -3.84. The van der Waals surface area contributed by atoms with Gasteiger partial charge in [0.25, 0.3) is 0 Å². The summed E-state index contributed by atoms with van der Waals surface area (Å²) in [6.45, 7) is 0. The number of carbonyl (C=O) groups excluding carboxylic acids is 1. The van der Waals surface area contributed by atoms with Crippen LogP contribution in [0.4, 0.5) is 16.2 Å². The standard InChI is InChI=1S/C24H21N3O3S/c1-29-21-13-12-19(14-22(21)30-2)26-24(28)25-18-10-8-16(9-11-18)20-15-31-23(27-20)17-6-4-3-5-7-17/h3-15H,1-2H3,(H2,25,26,28). The molecule has 0 spiro atoms. The fourth-order valence-electron chi connectivity index (χ4n) is 3.05. The average Bonchev–Trinajstić information content (AvgIpc) is 3.30. The molecule has 0 aliphatic heterocycles. The lowest BCUT2D eigenvalue weighted by atomic mass is 10.1. The van der Waals surface area contributed by atoms with Crippen molar-refractivity contribution in [1.82, 2.24) is 4.98 Å². The van der Waals surface area contributed by atoms with Gasteiger partial charge >= 0.3 is 6.03 Å². The number of carbonyl (C=O) groups is 1. The summed E-state index contributed by atoms with van der Waals surface area (Å²) in [5.41, 5.74) is 4.28. The van der Waals surface area contributed by atoms with Gasteiger partial charge in [-0.25, -0.2) is 9.78 Å². The Kier molecular flexibility index (Phi) is 6.14. The Labute approximate surface area is 184 Å². The maximum Gasteiger partial charge on any atom is 0.323 e. The number of nitrogens with zero attached hydrogens (tertiary/aromatic N) is 1. The summed E-state index contributed by atoms with van der Waals surface area (Å²) < 4.78 is 10.5. The molecule has 2 amide bonds. The van der Waals surface area contributed by atoms with Crippen molar-refractivity contribution in [2.45, 2.75) is 0 Å². The molecule has 0 saturated heterocycles. The molecule has 0 aliphatic carbocycles. The molecule has 0 bridgehead atoms. The Morgan fingerprint density at radius 3 is 2.19 bits per heavy atom. The molecule has 156 valence electrons. The molecule has 0 aliphatic rings. The number of nitrogens with one attached hydrogen (secondary N) is 2. The molecule has 0 fully saturated rings. The summed E-state index contributed by atoms with van der Waals surface area (Å²) in [5.74, 6) is 1.14. The number of rotatable bonds is 6. The first-order valence-corrected chi connectivity index (χ1v) is 10.5. The van der Waals surface area contributed by atoms with Gasteiger partial charge in [0.1, 0.15) is 5.01 Å². The molecule has 6 nitrogen and oxygen atoms in total.